The number of thioether (sulfide) groups is 1. The summed E-state index contributed by atoms with van der Waals surface area (Å²) in [5, 5.41) is 8.79. The molecule has 0 atom stereocenters. The van der Waals surface area contributed by atoms with Crippen molar-refractivity contribution in [2.45, 2.75) is 21.4 Å². The Morgan fingerprint density at radius 1 is 1.04 bits per heavy atom. The van der Waals surface area contributed by atoms with Gasteiger partial charge in [0.15, 0.2) is 4.34 Å². The van der Waals surface area contributed by atoms with Crippen LogP contribution >= 0.6 is 34.4 Å². The van der Waals surface area contributed by atoms with Crippen molar-refractivity contribution >= 4 is 60.4 Å². The van der Waals surface area contributed by atoms with Crippen LogP contribution in [-0.2, 0) is 44.5 Å². The topological polar surface area (TPSA) is 38.7 Å². The van der Waals surface area contributed by atoms with E-state index < -0.39 is 0 Å². The third-order valence-corrected chi connectivity index (χ3v) is 8.42. The first-order valence-corrected chi connectivity index (χ1v) is 13.2. The minimum Gasteiger partial charge on any atom is -0.406 e. The molecule has 4 aromatic rings. The van der Waals surface area contributed by atoms with Crippen molar-refractivity contribution in [1.29, 1.82) is 0 Å². The third kappa shape index (κ3) is 5.96. The van der Waals surface area contributed by atoms with Gasteiger partial charge in [-0.25, -0.2) is 4.98 Å². The van der Waals surface area contributed by atoms with E-state index in [2.05, 4.69) is 52.4 Å². The SMILES string of the molecule is Cc1cc[c]([Hg+])cc1.[S-]c1nnc(CSc2nc3ccccc3s2)s1. The summed E-state index contributed by atoms with van der Waals surface area (Å²) in [7, 11) is 0. The zero-order chi connectivity index (χ0) is 17.6. The van der Waals surface area contributed by atoms with Crippen molar-refractivity contribution < 1.29 is 26.1 Å². The normalized spacial score (nSPS) is 10.5. The summed E-state index contributed by atoms with van der Waals surface area (Å²) in [6.45, 7) is 2.12. The smallest absolute Gasteiger partial charge is 0.151 e. The van der Waals surface area contributed by atoms with E-state index >= 15 is 0 Å². The molecule has 0 saturated carbocycles. The van der Waals surface area contributed by atoms with Crippen LogP contribution in [0.3, 0.4) is 0 Å². The molecular weight excluding hydrogens is 575 g/mol. The molecule has 2 aromatic carbocycles. The molecule has 0 unspecified atom stereocenters. The molecule has 0 radical (unpaired) electrons. The molecule has 3 nitrogen and oxygen atoms in total. The number of nitrogens with zero attached hydrogens (tertiary/aromatic N) is 3. The Kier molecular flexibility index (Phi) is 7.18. The molecule has 0 aliphatic rings. The first-order chi connectivity index (χ1) is 12.1. The largest absolute Gasteiger partial charge is 0.406 e. The quantitative estimate of drug-likeness (QED) is 0.200. The van der Waals surface area contributed by atoms with Crippen LogP contribution < -0.4 is 3.07 Å². The number of thiazole rings is 1. The molecule has 0 aliphatic carbocycles. The maximum atomic E-state index is 4.94. The van der Waals surface area contributed by atoms with Crippen LogP contribution in [0.4, 0.5) is 0 Å². The molecular formula is C17H13HgN3S4. The summed E-state index contributed by atoms with van der Waals surface area (Å²) < 4.78 is 4.41. The molecule has 0 spiro atoms. The van der Waals surface area contributed by atoms with Gasteiger partial charge in [-0.05, 0) is 16.5 Å². The average Bonchev–Trinajstić information content (AvgIpc) is 3.21. The van der Waals surface area contributed by atoms with E-state index in [1.165, 1.54) is 24.7 Å². The Morgan fingerprint density at radius 3 is 2.44 bits per heavy atom. The van der Waals surface area contributed by atoms with E-state index in [1.807, 2.05) is 18.2 Å². The van der Waals surface area contributed by atoms with E-state index in [4.69, 9.17) is 12.6 Å². The Bertz CT molecular complexity index is 896. The Labute approximate surface area is 180 Å². The predicted octanol–water partition coefficient (Wildman–Crippen LogP) is 4.51. The fourth-order valence-electron chi connectivity index (χ4n) is 1.92. The van der Waals surface area contributed by atoms with E-state index in [-0.39, 0.29) is 0 Å². The van der Waals surface area contributed by atoms with Gasteiger partial charge < -0.3 is 24.0 Å². The van der Waals surface area contributed by atoms with Gasteiger partial charge in [0.25, 0.3) is 0 Å². The van der Waals surface area contributed by atoms with Gasteiger partial charge in [0.1, 0.15) is 0 Å². The molecule has 2 heterocycles. The Morgan fingerprint density at radius 2 is 1.80 bits per heavy atom. The maximum absolute atomic E-state index is 4.94. The van der Waals surface area contributed by atoms with E-state index in [9.17, 15) is 0 Å². The molecule has 0 bridgehead atoms. The van der Waals surface area contributed by atoms with Crippen LogP contribution in [0.25, 0.3) is 10.2 Å². The molecule has 25 heavy (non-hydrogen) atoms. The van der Waals surface area contributed by atoms with Gasteiger partial charge in [-0.2, -0.15) is 10.2 Å². The van der Waals surface area contributed by atoms with Gasteiger partial charge in [0.2, 0.25) is 0 Å². The molecule has 2 aromatic heterocycles. The predicted molar refractivity (Wildman–Crippen MR) is 106 cm³/mol. The molecule has 0 N–H and O–H groups in total. The van der Waals surface area contributed by atoms with Crippen molar-refractivity contribution in [1.82, 2.24) is 15.2 Å². The molecule has 0 saturated heterocycles. The number of para-hydroxylation sites is 1. The van der Waals surface area contributed by atoms with Gasteiger partial charge in [-0.15, -0.1) is 11.3 Å². The first-order valence-electron chi connectivity index (χ1n) is 7.46. The molecule has 8 heteroatoms. The summed E-state index contributed by atoms with van der Waals surface area (Å²) in [4.78, 5) is 4.55. The van der Waals surface area contributed by atoms with Gasteiger partial charge in [-0.1, -0.05) is 23.9 Å². The molecule has 0 amide bonds. The first kappa shape index (κ1) is 19.2. The fraction of sp³-hybridized carbons (Fsp3) is 0.118. The number of aromatic nitrogens is 3. The van der Waals surface area contributed by atoms with Crippen LogP contribution in [-0.4, -0.2) is 15.2 Å². The van der Waals surface area contributed by atoms with Crippen molar-refractivity contribution in [2.75, 3.05) is 0 Å². The standard InChI is InChI=1S/C10H7N3S4.C7H7.Hg/c14-9-13-12-8(17-9)5-15-10-11-6-3-1-2-4-7(6)16-10;1-7-5-3-2-4-6-7;/h1-4H,5H2,(H,13,14);3-6H,1H3;/q;;+1/p-1. The maximum Gasteiger partial charge on any atom is 0.151 e. The number of hydrogen-bond acceptors (Lipinski definition) is 7. The summed E-state index contributed by atoms with van der Waals surface area (Å²) in [6.07, 6.45) is 0. The van der Waals surface area contributed by atoms with Crippen molar-refractivity contribution in [3.8, 4) is 0 Å². The number of hydrogen-bond donors (Lipinski definition) is 0. The van der Waals surface area contributed by atoms with Crippen LogP contribution in [0.1, 0.15) is 10.6 Å². The van der Waals surface area contributed by atoms with E-state index in [0.29, 0.717) is 4.34 Å². The molecule has 0 fully saturated rings. The van der Waals surface area contributed by atoms with Crippen LogP contribution in [0.2, 0.25) is 0 Å². The van der Waals surface area contributed by atoms with Gasteiger partial charge in [0, 0.05) is 10.8 Å². The Hall–Kier alpha value is -0.605. The summed E-state index contributed by atoms with van der Waals surface area (Å²) in [5.74, 6) is 0.786. The van der Waals surface area contributed by atoms with Crippen LogP contribution in [0.5, 0.6) is 0 Å². The number of rotatable bonds is 3. The monoisotopic (exact) mass is 589 g/mol. The molecule has 122 valence electrons. The van der Waals surface area contributed by atoms with Crippen molar-refractivity contribution in [3.63, 3.8) is 0 Å². The van der Waals surface area contributed by atoms with Gasteiger partial charge in [0.05, 0.1) is 10.2 Å². The van der Waals surface area contributed by atoms with E-state index in [1.54, 1.807) is 23.1 Å². The fourth-order valence-corrected chi connectivity index (χ4v) is 5.79. The minimum absolute atomic E-state index is 0.602. The average molecular weight is 588 g/mol. The minimum atomic E-state index is 0.602. The number of fused-ring (bicyclic) bond motifs is 1. The van der Waals surface area contributed by atoms with Crippen molar-refractivity contribution in [2.24, 2.45) is 0 Å². The second-order valence-corrected chi connectivity index (χ2v) is 12.3. The molecule has 4 rings (SSSR count). The second-order valence-electron chi connectivity index (χ2n) is 5.18. The zero-order valence-corrected chi connectivity index (χ0v) is 22.3. The van der Waals surface area contributed by atoms with Gasteiger partial charge >= 0.3 is 65.9 Å². The second kappa shape index (κ2) is 9.37. The summed E-state index contributed by atoms with van der Waals surface area (Å²) in [6, 6.07) is 16.9. The number of aryl methyl sites for hydroxylation is 1. The van der Waals surface area contributed by atoms with Crippen LogP contribution in [0.15, 0.2) is 57.2 Å². The number of benzene rings is 2. The van der Waals surface area contributed by atoms with E-state index in [0.717, 1.165) is 46.7 Å². The summed E-state index contributed by atoms with van der Waals surface area (Å²) >= 11 is 10.6. The zero-order valence-electron chi connectivity index (χ0n) is 13.5. The summed E-state index contributed by atoms with van der Waals surface area (Å²) in [5.41, 5.74) is 2.42. The van der Waals surface area contributed by atoms with Crippen LogP contribution in [0, 0.1) is 6.92 Å². The molecule has 0 aliphatic heterocycles. The van der Waals surface area contributed by atoms with Gasteiger partial charge in [-0.3, -0.25) is 0 Å². The van der Waals surface area contributed by atoms with Crippen molar-refractivity contribution in [3.05, 3.63) is 59.1 Å². The third-order valence-electron chi connectivity index (χ3n) is 3.16. The Balaban J connectivity index is 0.000000192.